The number of nitrogens with one attached hydrogen (secondary N) is 2. The van der Waals surface area contributed by atoms with Crippen molar-refractivity contribution in [2.45, 2.75) is 19.8 Å². The maximum Gasteiger partial charge on any atom is 0.234 e. The fourth-order valence-corrected chi connectivity index (χ4v) is 2.44. The second-order valence-electron chi connectivity index (χ2n) is 5.95. The summed E-state index contributed by atoms with van der Waals surface area (Å²) in [5.41, 5.74) is 1.30. The first kappa shape index (κ1) is 16.8. The van der Waals surface area contributed by atoms with Gasteiger partial charge in [-0.2, -0.15) is 0 Å². The van der Waals surface area contributed by atoms with Crippen molar-refractivity contribution in [3.05, 3.63) is 29.8 Å². The van der Waals surface area contributed by atoms with Gasteiger partial charge in [0.25, 0.3) is 0 Å². The Hall–Kier alpha value is -1.59. The maximum absolute atomic E-state index is 11.8. The Kier molecular flexibility index (Phi) is 6.68. The predicted octanol–water partition coefficient (Wildman–Crippen LogP) is 1.21. The molecule has 2 N–H and O–H groups in total. The number of hydrogen-bond donors (Lipinski definition) is 2. The zero-order valence-electron chi connectivity index (χ0n) is 13.6. The summed E-state index contributed by atoms with van der Waals surface area (Å²) in [6.45, 7) is 9.65. The van der Waals surface area contributed by atoms with Gasteiger partial charge < -0.3 is 15.4 Å². The van der Waals surface area contributed by atoms with Crippen LogP contribution in [0.25, 0.3) is 0 Å². The van der Waals surface area contributed by atoms with Gasteiger partial charge >= 0.3 is 0 Å². The Balaban J connectivity index is 1.60. The molecule has 2 rings (SSSR count). The summed E-state index contributed by atoms with van der Waals surface area (Å²) >= 11 is 0. The zero-order chi connectivity index (χ0) is 15.8. The fourth-order valence-electron chi connectivity index (χ4n) is 2.44. The number of benzene rings is 1. The zero-order valence-corrected chi connectivity index (χ0v) is 13.6. The van der Waals surface area contributed by atoms with Gasteiger partial charge in [-0.15, -0.1) is 0 Å². The first-order valence-corrected chi connectivity index (χ1v) is 8.07. The number of nitrogens with zero attached hydrogens (tertiary/aromatic N) is 1. The van der Waals surface area contributed by atoms with Gasteiger partial charge in [-0.05, 0) is 23.6 Å². The maximum atomic E-state index is 11.8. The third-order valence-corrected chi connectivity index (χ3v) is 3.82. The van der Waals surface area contributed by atoms with Crippen molar-refractivity contribution in [3.8, 4) is 5.75 Å². The molecule has 1 saturated heterocycles. The summed E-state index contributed by atoms with van der Waals surface area (Å²) in [4.78, 5) is 14.0. The lowest BCUT2D eigenvalue weighted by molar-refractivity contribution is -0.122. The van der Waals surface area contributed by atoms with E-state index in [0.29, 0.717) is 25.6 Å². The van der Waals surface area contributed by atoms with E-state index in [2.05, 4.69) is 41.5 Å². The van der Waals surface area contributed by atoms with Gasteiger partial charge in [0.15, 0.2) is 0 Å². The minimum Gasteiger partial charge on any atom is -0.492 e. The molecule has 0 radical (unpaired) electrons. The van der Waals surface area contributed by atoms with Crippen molar-refractivity contribution in [2.75, 3.05) is 45.9 Å². The molecule has 1 aliphatic rings. The van der Waals surface area contributed by atoms with E-state index in [4.69, 9.17) is 4.74 Å². The highest BCUT2D eigenvalue weighted by molar-refractivity contribution is 5.78. The standard InChI is InChI=1S/C17H27N3O2/c1-14(2)15-3-5-16(6-4-15)22-12-9-19-17(21)13-20-10-7-18-8-11-20/h3-6,14,18H,7-13H2,1-2H3,(H,19,21). The van der Waals surface area contributed by atoms with E-state index in [-0.39, 0.29) is 5.91 Å². The molecule has 5 nitrogen and oxygen atoms in total. The molecule has 0 spiro atoms. The van der Waals surface area contributed by atoms with E-state index >= 15 is 0 Å². The van der Waals surface area contributed by atoms with Crippen LogP contribution in [0.4, 0.5) is 0 Å². The molecule has 0 unspecified atom stereocenters. The van der Waals surface area contributed by atoms with Gasteiger partial charge in [0.1, 0.15) is 12.4 Å². The summed E-state index contributed by atoms with van der Waals surface area (Å²) in [5, 5.41) is 6.18. The molecular formula is C17H27N3O2. The molecule has 0 aromatic heterocycles. The quantitative estimate of drug-likeness (QED) is 0.744. The molecule has 1 heterocycles. The Bertz CT molecular complexity index is 453. The second kappa shape index (κ2) is 8.76. The average molecular weight is 305 g/mol. The van der Waals surface area contributed by atoms with E-state index in [1.165, 1.54) is 5.56 Å². The normalized spacial score (nSPS) is 15.8. The molecule has 0 atom stereocenters. The number of carbonyl (C=O) groups is 1. The van der Waals surface area contributed by atoms with Crippen LogP contribution in [0, 0.1) is 0 Å². The summed E-state index contributed by atoms with van der Waals surface area (Å²) in [6.07, 6.45) is 0. The van der Waals surface area contributed by atoms with Gasteiger partial charge in [0, 0.05) is 26.2 Å². The van der Waals surface area contributed by atoms with Crippen molar-refractivity contribution in [3.63, 3.8) is 0 Å². The van der Waals surface area contributed by atoms with Crippen LogP contribution >= 0.6 is 0 Å². The SMILES string of the molecule is CC(C)c1ccc(OCCNC(=O)CN2CCNCC2)cc1. The number of carbonyl (C=O) groups excluding carboxylic acids is 1. The van der Waals surface area contributed by atoms with Gasteiger partial charge in [-0.1, -0.05) is 26.0 Å². The number of rotatable bonds is 7. The summed E-state index contributed by atoms with van der Waals surface area (Å²) in [7, 11) is 0. The van der Waals surface area contributed by atoms with Gasteiger partial charge in [-0.3, -0.25) is 9.69 Å². The largest absolute Gasteiger partial charge is 0.492 e. The van der Waals surface area contributed by atoms with Crippen LogP contribution in [0.15, 0.2) is 24.3 Å². The highest BCUT2D eigenvalue weighted by atomic mass is 16.5. The lowest BCUT2D eigenvalue weighted by atomic mass is 10.0. The number of hydrogen-bond acceptors (Lipinski definition) is 4. The average Bonchev–Trinajstić information content (AvgIpc) is 2.53. The van der Waals surface area contributed by atoms with Gasteiger partial charge in [-0.25, -0.2) is 0 Å². The van der Waals surface area contributed by atoms with Crippen LogP contribution in [0.2, 0.25) is 0 Å². The van der Waals surface area contributed by atoms with Crippen LogP contribution in [0.3, 0.4) is 0 Å². The van der Waals surface area contributed by atoms with Crippen molar-refractivity contribution in [1.29, 1.82) is 0 Å². The molecular weight excluding hydrogens is 278 g/mol. The molecule has 5 heteroatoms. The van der Waals surface area contributed by atoms with E-state index in [1.807, 2.05) is 12.1 Å². The van der Waals surface area contributed by atoms with Crippen molar-refractivity contribution in [2.24, 2.45) is 0 Å². The van der Waals surface area contributed by atoms with Crippen LogP contribution in [-0.4, -0.2) is 56.7 Å². The monoisotopic (exact) mass is 305 g/mol. The van der Waals surface area contributed by atoms with Crippen LogP contribution in [-0.2, 0) is 4.79 Å². The van der Waals surface area contributed by atoms with Crippen LogP contribution in [0.1, 0.15) is 25.3 Å². The third kappa shape index (κ3) is 5.66. The first-order valence-electron chi connectivity index (χ1n) is 8.07. The molecule has 1 amide bonds. The summed E-state index contributed by atoms with van der Waals surface area (Å²) < 4.78 is 5.64. The Morgan fingerprint density at radius 2 is 1.95 bits per heavy atom. The van der Waals surface area contributed by atoms with Crippen LogP contribution in [0.5, 0.6) is 5.75 Å². The Morgan fingerprint density at radius 3 is 2.59 bits per heavy atom. The van der Waals surface area contributed by atoms with Crippen LogP contribution < -0.4 is 15.4 Å². The molecule has 122 valence electrons. The van der Waals surface area contributed by atoms with Crippen molar-refractivity contribution in [1.82, 2.24) is 15.5 Å². The minimum atomic E-state index is 0.0701. The van der Waals surface area contributed by atoms with E-state index in [9.17, 15) is 4.79 Å². The number of ether oxygens (including phenoxy) is 1. The molecule has 0 saturated carbocycles. The lowest BCUT2D eigenvalue weighted by Gasteiger charge is -2.26. The van der Waals surface area contributed by atoms with E-state index < -0.39 is 0 Å². The Morgan fingerprint density at radius 1 is 1.27 bits per heavy atom. The summed E-state index contributed by atoms with van der Waals surface area (Å²) in [5.74, 6) is 1.44. The second-order valence-corrected chi connectivity index (χ2v) is 5.95. The first-order chi connectivity index (χ1) is 10.6. The molecule has 1 aromatic rings. The fraction of sp³-hybridized carbons (Fsp3) is 0.588. The van der Waals surface area contributed by atoms with E-state index in [1.54, 1.807) is 0 Å². The predicted molar refractivity (Wildman–Crippen MR) is 88.3 cm³/mol. The van der Waals surface area contributed by atoms with Gasteiger partial charge in [0.05, 0.1) is 13.1 Å². The molecule has 1 aliphatic heterocycles. The number of piperazine rings is 1. The van der Waals surface area contributed by atoms with Crippen molar-refractivity contribution < 1.29 is 9.53 Å². The number of amides is 1. The third-order valence-electron chi connectivity index (χ3n) is 3.82. The Labute approximate surface area is 133 Å². The summed E-state index contributed by atoms with van der Waals surface area (Å²) in [6, 6.07) is 8.14. The molecule has 1 aromatic carbocycles. The minimum absolute atomic E-state index is 0.0701. The molecule has 0 aliphatic carbocycles. The molecule has 0 bridgehead atoms. The molecule has 1 fully saturated rings. The van der Waals surface area contributed by atoms with Crippen molar-refractivity contribution >= 4 is 5.91 Å². The van der Waals surface area contributed by atoms with Gasteiger partial charge in [0.2, 0.25) is 5.91 Å². The smallest absolute Gasteiger partial charge is 0.234 e. The highest BCUT2D eigenvalue weighted by Crippen LogP contribution is 2.18. The topological polar surface area (TPSA) is 53.6 Å². The molecule has 22 heavy (non-hydrogen) atoms. The van der Waals surface area contributed by atoms with E-state index in [0.717, 1.165) is 31.9 Å². The highest BCUT2D eigenvalue weighted by Gasteiger charge is 2.12. The lowest BCUT2D eigenvalue weighted by Crippen LogP contribution is -2.47.